The minimum absolute atomic E-state index is 0.298. The highest BCUT2D eigenvalue weighted by Crippen LogP contribution is 2.25. The van der Waals surface area contributed by atoms with Crippen LogP contribution in [0.25, 0.3) is 0 Å². The summed E-state index contributed by atoms with van der Waals surface area (Å²) in [5.41, 5.74) is 2.09. The van der Waals surface area contributed by atoms with Gasteiger partial charge in [0.25, 0.3) is 0 Å². The second-order valence-corrected chi connectivity index (χ2v) is 6.69. The van der Waals surface area contributed by atoms with Crippen LogP contribution in [0.4, 0.5) is 0 Å². The van der Waals surface area contributed by atoms with Crippen molar-refractivity contribution in [2.75, 3.05) is 13.1 Å². The van der Waals surface area contributed by atoms with Gasteiger partial charge in [0, 0.05) is 43.2 Å². The molecule has 0 spiro atoms. The second-order valence-electron chi connectivity index (χ2n) is 6.69. The Labute approximate surface area is 161 Å². The lowest BCUT2D eigenvalue weighted by Gasteiger charge is -2.15. The smallest absolute Gasteiger partial charge is 0.218 e. The van der Waals surface area contributed by atoms with Gasteiger partial charge >= 0.3 is 0 Å². The molecule has 1 aliphatic rings. The molecule has 6 nitrogen and oxygen atoms in total. The van der Waals surface area contributed by atoms with Crippen molar-refractivity contribution in [2.24, 2.45) is 4.99 Å². The van der Waals surface area contributed by atoms with Crippen LogP contribution in [-0.2, 0) is 13.0 Å². The number of nitrogens with one attached hydrogen (secondary N) is 2. The summed E-state index contributed by atoms with van der Waals surface area (Å²) in [7, 11) is 0. The number of hydrogen-bond acceptors (Lipinski definition) is 4. The number of guanidine groups is 1. The van der Waals surface area contributed by atoms with Crippen LogP contribution in [0.2, 0.25) is 0 Å². The highest BCUT2D eigenvalue weighted by atomic mass is 16.5. The van der Waals surface area contributed by atoms with E-state index in [1.54, 1.807) is 6.20 Å². The van der Waals surface area contributed by atoms with E-state index in [2.05, 4.69) is 27.5 Å². The third-order valence-corrected chi connectivity index (χ3v) is 4.58. The van der Waals surface area contributed by atoms with Gasteiger partial charge in [-0.2, -0.15) is 0 Å². The number of aliphatic imine (C=N–C) groups is 1. The van der Waals surface area contributed by atoms with Crippen molar-refractivity contribution in [1.29, 1.82) is 0 Å². The number of rotatable bonds is 8. The van der Waals surface area contributed by atoms with Crippen LogP contribution in [0.15, 0.2) is 47.7 Å². The van der Waals surface area contributed by atoms with Crippen LogP contribution in [0.1, 0.15) is 43.9 Å². The van der Waals surface area contributed by atoms with Gasteiger partial charge in [0.2, 0.25) is 5.88 Å². The van der Waals surface area contributed by atoms with Gasteiger partial charge in [0.05, 0.1) is 6.54 Å². The molecule has 3 rings (SSSR count). The quantitative estimate of drug-likeness (QED) is 0.554. The predicted molar refractivity (Wildman–Crippen MR) is 108 cm³/mol. The molecule has 0 bridgehead atoms. The van der Waals surface area contributed by atoms with E-state index < -0.39 is 0 Å². The van der Waals surface area contributed by atoms with E-state index >= 15 is 0 Å². The average Bonchev–Trinajstić information content (AvgIpc) is 3.21. The summed E-state index contributed by atoms with van der Waals surface area (Å²) in [6, 6.07) is 9.96. The standard InChI is InChI=1S/C21H29N5O/c1-2-22-21(25-15-12-18-9-5-6-13-23-18)26-16-17-8-7-14-24-20(17)27-19-10-3-4-11-19/h5-9,13-14,19H,2-4,10-12,15-16H2,1H3,(H2,22,25,26). The van der Waals surface area contributed by atoms with Crippen LogP contribution in [0.5, 0.6) is 5.88 Å². The van der Waals surface area contributed by atoms with Gasteiger partial charge < -0.3 is 15.4 Å². The van der Waals surface area contributed by atoms with Crippen LogP contribution >= 0.6 is 0 Å². The van der Waals surface area contributed by atoms with Crippen molar-refractivity contribution >= 4 is 5.96 Å². The fourth-order valence-electron chi connectivity index (χ4n) is 3.18. The lowest BCUT2D eigenvalue weighted by Crippen LogP contribution is -2.38. The van der Waals surface area contributed by atoms with Crippen LogP contribution in [0.3, 0.4) is 0 Å². The molecule has 2 N–H and O–H groups in total. The molecule has 0 aromatic carbocycles. The van der Waals surface area contributed by atoms with Crippen LogP contribution < -0.4 is 15.4 Å². The van der Waals surface area contributed by atoms with Crippen molar-refractivity contribution in [3.05, 3.63) is 54.0 Å². The molecule has 2 heterocycles. The lowest BCUT2D eigenvalue weighted by atomic mass is 10.2. The van der Waals surface area contributed by atoms with Crippen molar-refractivity contribution in [3.8, 4) is 5.88 Å². The molecule has 1 aliphatic carbocycles. The Hall–Kier alpha value is -2.63. The highest BCUT2D eigenvalue weighted by Gasteiger charge is 2.18. The summed E-state index contributed by atoms with van der Waals surface area (Å²) in [5.74, 6) is 1.52. The Balaban J connectivity index is 1.57. The second kappa shape index (κ2) is 10.5. The van der Waals surface area contributed by atoms with Crippen molar-refractivity contribution in [1.82, 2.24) is 20.6 Å². The normalized spacial score (nSPS) is 14.9. The highest BCUT2D eigenvalue weighted by molar-refractivity contribution is 5.79. The molecule has 144 valence electrons. The Morgan fingerprint density at radius 1 is 1.11 bits per heavy atom. The molecule has 0 aliphatic heterocycles. The van der Waals surface area contributed by atoms with Gasteiger partial charge in [0.1, 0.15) is 6.10 Å². The molecular weight excluding hydrogens is 338 g/mol. The maximum absolute atomic E-state index is 6.11. The van der Waals surface area contributed by atoms with E-state index in [0.29, 0.717) is 12.6 Å². The summed E-state index contributed by atoms with van der Waals surface area (Å²) in [4.78, 5) is 13.5. The fraction of sp³-hybridized carbons (Fsp3) is 0.476. The molecular formula is C21H29N5O. The summed E-state index contributed by atoms with van der Waals surface area (Å²) in [5, 5.41) is 6.66. The first-order valence-electron chi connectivity index (χ1n) is 9.88. The zero-order valence-corrected chi connectivity index (χ0v) is 16.0. The lowest BCUT2D eigenvalue weighted by molar-refractivity contribution is 0.199. The molecule has 0 amide bonds. The zero-order valence-electron chi connectivity index (χ0n) is 16.0. The molecule has 1 fully saturated rings. The van der Waals surface area contributed by atoms with Crippen LogP contribution in [-0.4, -0.2) is 35.1 Å². The van der Waals surface area contributed by atoms with Gasteiger partial charge in [0.15, 0.2) is 5.96 Å². The zero-order chi connectivity index (χ0) is 18.7. The predicted octanol–water partition coefficient (Wildman–Crippen LogP) is 3.10. The van der Waals surface area contributed by atoms with E-state index in [1.165, 1.54) is 12.8 Å². The van der Waals surface area contributed by atoms with E-state index in [-0.39, 0.29) is 0 Å². The van der Waals surface area contributed by atoms with Gasteiger partial charge in [-0.05, 0) is 50.8 Å². The molecule has 0 atom stereocenters. The maximum Gasteiger partial charge on any atom is 0.218 e. The van der Waals surface area contributed by atoms with Gasteiger partial charge in [-0.1, -0.05) is 12.1 Å². The number of hydrogen-bond donors (Lipinski definition) is 2. The minimum Gasteiger partial charge on any atom is -0.474 e. The topological polar surface area (TPSA) is 71.4 Å². The number of nitrogens with zero attached hydrogens (tertiary/aromatic N) is 3. The monoisotopic (exact) mass is 367 g/mol. The maximum atomic E-state index is 6.11. The molecule has 2 aromatic rings. The Kier molecular flexibility index (Phi) is 7.45. The summed E-state index contributed by atoms with van der Waals surface area (Å²) < 4.78 is 6.11. The molecule has 0 radical (unpaired) electrons. The Bertz CT molecular complexity index is 714. The van der Waals surface area contributed by atoms with Crippen molar-refractivity contribution in [3.63, 3.8) is 0 Å². The third-order valence-electron chi connectivity index (χ3n) is 4.58. The fourth-order valence-corrected chi connectivity index (χ4v) is 3.18. The van der Waals surface area contributed by atoms with Gasteiger partial charge in [-0.3, -0.25) is 4.98 Å². The van der Waals surface area contributed by atoms with E-state index in [9.17, 15) is 0 Å². The Morgan fingerprint density at radius 2 is 1.96 bits per heavy atom. The van der Waals surface area contributed by atoms with E-state index in [1.807, 2.05) is 36.5 Å². The van der Waals surface area contributed by atoms with Gasteiger partial charge in [-0.25, -0.2) is 9.98 Å². The van der Waals surface area contributed by atoms with Gasteiger partial charge in [-0.15, -0.1) is 0 Å². The molecule has 2 aromatic heterocycles. The minimum atomic E-state index is 0.298. The van der Waals surface area contributed by atoms with Crippen molar-refractivity contribution < 1.29 is 4.74 Å². The van der Waals surface area contributed by atoms with E-state index in [4.69, 9.17) is 9.73 Å². The largest absolute Gasteiger partial charge is 0.474 e. The summed E-state index contributed by atoms with van der Waals surface area (Å²) in [6.45, 7) is 4.19. The molecule has 27 heavy (non-hydrogen) atoms. The van der Waals surface area contributed by atoms with Crippen LogP contribution in [0, 0.1) is 0 Å². The van der Waals surface area contributed by atoms with E-state index in [0.717, 1.165) is 55.4 Å². The SMILES string of the molecule is CCNC(=NCc1cccnc1OC1CCCC1)NCCc1ccccn1. The average molecular weight is 367 g/mol. The molecule has 0 unspecified atom stereocenters. The molecule has 0 saturated heterocycles. The molecule has 6 heteroatoms. The third kappa shape index (κ3) is 6.24. The number of aromatic nitrogens is 2. The first-order valence-corrected chi connectivity index (χ1v) is 9.88. The first kappa shape index (κ1) is 19.1. The molecule has 1 saturated carbocycles. The number of pyridine rings is 2. The number of ether oxygens (including phenoxy) is 1. The summed E-state index contributed by atoms with van der Waals surface area (Å²) in [6.07, 6.45) is 9.50. The van der Waals surface area contributed by atoms with Crippen molar-refractivity contribution in [2.45, 2.75) is 51.7 Å². The first-order chi connectivity index (χ1) is 13.3. The Morgan fingerprint density at radius 3 is 2.74 bits per heavy atom. The summed E-state index contributed by atoms with van der Waals surface area (Å²) >= 11 is 0.